The molecule has 6 nitrogen and oxygen atoms in total. The molecule has 3 rings (SSSR count). The molecule has 2 saturated heterocycles. The first-order valence-electron chi connectivity index (χ1n) is 9.69. The third kappa shape index (κ3) is 4.96. The summed E-state index contributed by atoms with van der Waals surface area (Å²) in [6.07, 6.45) is 2.16. The first-order chi connectivity index (χ1) is 12.5. The number of hydrogen-bond acceptors (Lipinski definition) is 5. The van der Waals surface area contributed by atoms with Crippen LogP contribution < -0.4 is 5.32 Å². The van der Waals surface area contributed by atoms with Crippen LogP contribution in [0.5, 0.6) is 0 Å². The Hall–Kier alpha value is -1.18. The summed E-state index contributed by atoms with van der Waals surface area (Å²) in [6.45, 7) is 13.5. The predicted octanol–water partition coefficient (Wildman–Crippen LogP) is 1.97. The van der Waals surface area contributed by atoms with Crippen LogP contribution in [0.4, 0.5) is 0 Å². The van der Waals surface area contributed by atoms with Crippen LogP contribution in [-0.4, -0.2) is 79.8 Å². The smallest absolute Gasteiger partial charge is 0.193 e. The van der Waals surface area contributed by atoms with Gasteiger partial charge in [-0.05, 0) is 6.42 Å². The lowest BCUT2D eigenvalue weighted by Gasteiger charge is -2.32. The molecular weight excluding hydrogens is 346 g/mol. The molecule has 0 amide bonds. The number of nitrogens with zero attached hydrogens (tertiary/aromatic N) is 4. The molecule has 0 radical (unpaired) electrons. The van der Waals surface area contributed by atoms with E-state index in [1.165, 1.54) is 17.1 Å². The van der Waals surface area contributed by atoms with Crippen molar-refractivity contribution >= 4 is 17.3 Å². The molecule has 0 aromatic carbocycles. The van der Waals surface area contributed by atoms with Crippen LogP contribution in [0.15, 0.2) is 10.4 Å². The summed E-state index contributed by atoms with van der Waals surface area (Å²) in [4.78, 5) is 14.2. The molecule has 1 aromatic rings. The lowest BCUT2D eigenvalue weighted by Crippen LogP contribution is -2.46. The summed E-state index contributed by atoms with van der Waals surface area (Å²) < 4.78 is 5.48. The fourth-order valence-corrected chi connectivity index (χ4v) is 4.58. The Kier molecular flexibility index (Phi) is 6.53. The van der Waals surface area contributed by atoms with Gasteiger partial charge < -0.3 is 15.0 Å². The summed E-state index contributed by atoms with van der Waals surface area (Å²) in [5.74, 6) is 1.02. The van der Waals surface area contributed by atoms with Crippen LogP contribution in [-0.2, 0) is 16.6 Å². The maximum Gasteiger partial charge on any atom is 0.193 e. The predicted molar refractivity (Wildman–Crippen MR) is 108 cm³/mol. The van der Waals surface area contributed by atoms with E-state index in [0.717, 1.165) is 58.3 Å². The van der Waals surface area contributed by atoms with Gasteiger partial charge in [0, 0.05) is 63.0 Å². The van der Waals surface area contributed by atoms with Gasteiger partial charge >= 0.3 is 0 Å². The number of thiazole rings is 1. The molecule has 26 heavy (non-hydrogen) atoms. The van der Waals surface area contributed by atoms with Crippen LogP contribution in [0.3, 0.4) is 0 Å². The van der Waals surface area contributed by atoms with Crippen molar-refractivity contribution in [2.75, 3.05) is 53.0 Å². The van der Waals surface area contributed by atoms with Gasteiger partial charge in [-0.15, -0.1) is 11.3 Å². The number of guanidine groups is 1. The molecular formula is C19H33N5OS. The summed E-state index contributed by atoms with van der Waals surface area (Å²) in [6, 6.07) is 0.630. The van der Waals surface area contributed by atoms with Gasteiger partial charge in [-0.3, -0.25) is 9.89 Å². The average molecular weight is 380 g/mol. The normalized spacial score (nSPS) is 22.8. The van der Waals surface area contributed by atoms with Gasteiger partial charge in [0.25, 0.3) is 0 Å². The topological polar surface area (TPSA) is 53.0 Å². The highest BCUT2D eigenvalue weighted by molar-refractivity contribution is 7.09. The summed E-state index contributed by atoms with van der Waals surface area (Å²) >= 11 is 1.76. The van der Waals surface area contributed by atoms with E-state index >= 15 is 0 Å². The molecule has 0 spiro atoms. The van der Waals surface area contributed by atoms with Gasteiger partial charge in [-0.2, -0.15) is 0 Å². The Labute approximate surface area is 161 Å². The second-order valence-corrected chi connectivity index (χ2v) is 9.08. The van der Waals surface area contributed by atoms with Crippen LogP contribution >= 0.6 is 11.3 Å². The highest BCUT2D eigenvalue weighted by atomic mass is 32.1. The Bertz CT molecular complexity index is 603. The molecule has 0 saturated carbocycles. The second-order valence-electron chi connectivity index (χ2n) is 8.14. The summed E-state index contributed by atoms with van der Waals surface area (Å²) in [7, 11) is 1.88. The monoisotopic (exact) mass is 379 g/mol. The Morgan fingerprint density at radius 3 is 2.77 bits per heavy atom. The van der Waals surface area contributed by atoms with E-state index < -0.39 is 0 Å². The van der Waals surface area contributed by atoms with E-state index in [4.69, 9.17) is 9.72 Å². The SMILES string of the molecule is CN=C(NCCc1nc(C(C)(C)C)cs1)N1CCC(N2CCOCC2)C1. The number of likely N-dealkylation sites (tertiary alicyclic amines) is 1. The van der Waals surface area contributed by atoms with Gasteiger partial charge in [-0.25, -0.2) is 4.98 Å². The quantitative estimate of drug-likeness (QED) is 0.640. The molecule has 2 fully saturated rings. The first kappa shape index (κ1) is 19.6. The standard InChI is InChI=1S/C19H33N5OS/c1-19(2,3)16-14-26-17(22-16)5-7-21-18(20-4)24-8-6-15(13-24)23-9-11-25-12-10-23/h14-15H,5-13H2,1-4H3,(H,20,21). The molecule has 2 aliphatic heterocycles. The Morgan fingerprint density at radius 2 is 2.12 bits per heavy atom. The highest BCUT2D eigenvalue weighted by Crippen LogP contribution is 2.24. The van der Waals surface area contributed by atoms with Crippen molar-refractivity contribution in [1.82, 2.24) is 20.1 Å². The molecule has 2 aliphatic rings. The zero-order valence-electron chi connectivity index (χ0n) is 16.6. The number of ether oxygens (including phenoxy) is 1. The summed E-state index contributed by atoms with van der Waals surface area (Å²) in [5, 5.41) is 6.92. The third-order valence-electron chi connectivity index (χ3n) is 5.18. The van der Waals surface area contributed by atoms with Gasteiger partial charge in [0.1, 0.15) is 0 Å². The van der Waals surface area contributed by atoms with Gasteiger partial charge in [0.15, 0.2) is 5.96 Å². The van der Waals surface area contributed by atoms with E-state index in [0.29, 0.717) is 6.04 Å². The van der Waals surface area contributed by atoms with Crippen LogP contribution in [0.2, 0.25) is 0 Å². The minimum Gasteiger partial charge on any atom is -0.379 e. The molecule has 1 unspecified atom stereocenters. The van der Waals surface area contributed by atoms with E-state index in [-0.39, 0.29) is 5.41 Å². The second kappa shape index (κ2) is 8.67. The maximum atomic E-state index is 5.48. The van der Waals surface area contributed by atoms with Crippen molar-refractivity contribution in [3.05, 3.63) is 16.1 Å². The molecule has 146 valence electrons. The van der Waals surface area contributed by atoms with Crippen molar-refractivity contribution in [2.24, 2.45) is 4.99 Å². The van der Waals surface area contributed by atoms with Crippen molar-refractivity contribution in [3.63, 3.8) is 0 Å². The van der Waals surface area contributed by atoms with Crippen molar-refractivity contribution < 1.29 is 4.74 Å². The van der Waals surface area contributed by atoms with Gasteiger partial charge in [0.2, 0.25) is 0 Å². The van der Waals surface area contributed by atoms with Gasteiger partial charge in [-0.1, -0.05) is 20.8 Å². The van der Waals surface area contributed by atoms with E-state index in [2.05, 4.69) is 46.3 Å². The minimum absolute atomic E-state index is 0.127. The number of hydrogen-bond donors (Lipinski definition) is 1. The van der Waals surface area contributed by atoms with Crippen molar-refractivity contribution in [1.29, 1.82) is 0 Å². The molecule has 7 heteroatoms. The average Bonchev–Trinajstić information content (AvgIpc) is 3.29. The summed E-state index contributed by atoms with van der Waals surface area (Å²) in [5.41, 5.74) is 1.32. The number of nitrogens with one attached hydrogen (secondary N) is 1. The lowest BCUT2D eigenvalue weighted by atomic mass is 9.93. The fourth-order valence-electron chi connectivity index (χ4n) is 3.56. The number of aromatic nitrogens is 1. The van der Waals surface area contributed by atoms with Crippen molar-refractivity contribution in [2.45, 2.75) is 45.1 Å². The molecule has 0 bridgehead atoms. The van der Waals surface area contributed by atoms with Gasteiger partial charge in [0.05, 0.1) is 23.9 Å². The number of morpholine rings is 1. The number of rotatable bonds is 4. The molecule has 1 aromatic heterocycles. The Balaban J connectivity index is 1.45. The van der Waals surface area contributed by atoms with Crippen molar-refractivity contribution in [3.8, 4) is 0 Å². The fraction of sp³-hybridized carbons (Fsp3) is 0.789. The zero-order valence-corrected chi connectivity index (χ0v) is 17.4. The van der Waals surface area contributed by atoms with E-state index in [9.17, 15) is 0 Å². The lowest BCUT2D eigenvalue weighted by molar-refractivity contribution is 0.0195. The number of aliphatic imine (C=N–C) groups is 1. The molecule has 1 atom stereocenters. The zero-order chi connectivity index (χ0) is 18.6. The molecule has 1 N–H and O–H groups in total. The maximum absolute atomic E-state index is 5.48. The van der Waals surface area contributed by atoms with Crippen LogP contribution in [0.25, 0.3) is 0 Å². The Morgan fingerprint density at radius 1 is 1.35 bits per heavy atom. The first-order valence-corrected chi connectivity index (χ1v) is 10.6. The molecule has 3 heterocycles. The third-order valence-corrected chi connectivity index (χ3v) is 6.09. The van der Waals surface area contributed by atoms with Crippen LogP contribution in [0, 0.1) is 0 Å². The highest BCUT2D eigenvalue weighted by Gasteiger charge is 2.30. The minimum atomic E-state index is 0.127. The van der Waals surface area contributed by atoms with E-state index in [1.807, 2.05) is 7.05 Å². The van der Waals surface area contributed by atoms with E-state index in [1.54, 1.807) is 11.3 Å². The van der Waals surface area contributed by atoms with Crippen LogP contribution in [0.1, 0.15) is 37.9 Å². The largest absolute Gasteiger partial charge is 0.379 e. The molecule has 0 aliphatic carbocycles.